The molecule has 0 fully saturated rings. The minimum Gasteiger partial charge on any atom is -0.347 e. The van der Waals surface area contributed by atoms with E-state index in [0.717, 1.165) is 16.7 Å². The summed E-state index contributed by atoms with van der Waals surface area (Å²) in [5.74, 6) is 0.151. The van der Waals surface area contributed by atoms with E-state index in [-0.39, 0.29) is 17.9 Å². The number of nitrogens with one attached hydrogen (secondary N) is 1. The van der Waals surface area contributed by atoms with Gasteiger partial charge in [-0.1, -0.05) is 31.2 Å². The van der Waals surface area contributed by atoms with E-state index in [2.05, 4.69) is 34.5 Å². The van der Waals surface area contributed by atoms with E-state index in [1.807, 2.05) is 35.9 Å². The summed E-state index contributed by atoms with van der Waals surface area (Å²) in [6.07, 6.45) is 1.69. The van der Waals surface area contributed by atoms with Gasteiger partial charge in [0.05, 0.1) is 23.7 Å². The molecule has 0 radical (unpaired) electrons. The van der Waals surface area contributed by atoms with Gasteiger partial charge in [-0.3, -0.25) is 9.78 Å². The maximum absolute atomic E-state index is 12.6. The van der Waals surface area contributed by atoms with Crippen molar-refractivity contribution in [2.75, 3.05) is 0 Å². The molecule has 3 rings (SSSR count). The SMILES string of the molecule is Cc1ncccc1C(=O)N[C@H](Cn1nnc2ccccc21)C(C)C. The van der Waals surface area contributed by atoms with Crippen LogP contribution in [0.15, 0.2) is 42.6 Å². The Balaban J connectivity index is 1.80. The molecule has 0 spiro atoms. The molecule has 1 atom stereocenters. The van der Waals surface area contributed by atoms with Crippen molar-refractivity contribution >= 4 is 16.9 Å². The molecule has 24 heavy (non-hydrogen) atoms. The number of carbonyl (C=O) groups is 1. The zero-order valence-electron chi connectivity index (χ0n) is 14.1. The van der Waals surface area contributed by atoms with Gasteiger partial charge in [0.2, 0.25) is 0 Å². The first kappa shape index (κ1) is 16.1. The van der Waals surface area contributed by atoms with Crippen LogP contribution in [0.2, 0.25) is 0 Å². The van der Waals surface area contributed by atoms with E-state index >= 15 is 0 Å². The summed E-state index contributed by atoms with van der Waals surface area (Å²) in [7, 11) is 0. The maximum atomic E-state index is 12.6. The van der Waals surface area contributed by atoms with Gasteiger partial charge < -0.3 is 5.32 Å². The standard InChI is InChI=1S/C18H21N5O/c1-12(2)16(20-18(24)14-7-6-10-19-13(14)3)11-23-17-9-5-4-8-15(17)21-22-23/h4-10,12,16H,11H2,1-3H3,(H,20,24)/t16-/m1/s1. The first-order valence-corrected chi connectivity index (χ1v) is 8.07. The lowest BCUT2D eigenvalue weighted by atomic mass is 10.0. The lowest BCUT2D eigenvalue weighted by Crippen LogP contribution is -2.42. The van der Waals surface area contributed by atoms with Crippen molar-refractivity contribution < 1.29 is 4.79 Å². The van der Waals surface area contributed by atoms with Crippen LogP contribution in [-0.2, 0) is 6.54 Å². The highest BCUT2D eigenvalue weighted by Crippen LogP contribution is 2.13. The number of aryl methyl sites for hydroxylation is 1. The number of rotatable bonds is 5. The number of pyridine rings is 1. The molecular formula is C18H21N5O. The van der Waals surface area contributed by atoms with Crippen molar-refractivity contribution in [3.05, 3.63) is 53.9 Å². The quantitative estimate of drug-likeness (QED) is 0.783. The Kier molecular flexibility index (Phi) is 4.55. The number of benzene rings is 1. The van der Waals surface area contributed by atoms with Crippen molar-refractivity contribution in [1.29, 1.82) is 0 Å². The lowest BCUT2D eigenvalue weighted by molar-refractivity contribution is 0.0918. The fourth-order valence-electron chi connectivity index (χ4n) is 2.63. The second kappa shape index (κ2) is 6.78. The molecule has 0 unspecified atom stereocenters. The normalized spacial score (nSPS) is 12.5. The predicted octanol–water partition coefficient (Wildman–Crippen LogP) is 2.59. The molecule has 0 aliphatic carbocycles. The second-order valence-corrected chi connectivity index (χ2v) is 6.22. The molecule has 0 aliphatic rings. The van der Waals surface area contributed by atoms with Crippen LogP contribution in [0.25, 0.3) is 11.0 Å². The van der Waals surface area contributed by atoms with Gasteiger partial charge in [0.15, 0.2) is 0 Å². The molecule has 6 heteroatoms. The van der Waals surface area contributed by atoms with Gasteiger partial charge in [-0.15, -0.1) is 5.10 Å². The van der Waals surface area contributed by atoms with Crippen LogP contribution in [0.5, 0.6) is 0 Å². The van der Waals surface area contributed by atoms with Gasteiger partial charge in [-0.05, 0) is 37.1 Å². The number of carbonyl (C=O) groups excluding carboxylic acids is 1. The van der Waals surface area contributed by atoms with Crippen LogP contribution in [0.3, 0.4) is 0 Å². The number of para-hydroxylation sites is 1. The monoisotopic (exact) mass is 323 g/mol. The predicted molar refractivity (Wildman–Crippen MR) is 92.6 cm³/mol. The minimum absolute atomic E-state index is 0.0535. The Bertz CT molecular complexity index is 855. The van der Waals surface area contributed by atoms with Crippen molar-refractivity contribution in [3.63, 3.8) is 0 Å². The Hall–Kier alpha value is -2.76. The van der Waals surface area contributed by atoms with Gasteiger partial charge in [0.25, 0.3) is 5.91 Å². The zero-order valence-corrected chi connectivity index (χ0v) is 14.1. The van der Waals surface area contributed by atoms with Gasteiger partial charge in [-0.25, -0.2) is 4.68 Å². The lowest BCUT2D eigenvalue weighted by Gasteiger charge is -2.22. The average Bonchev–Trinajstić information content (AvgIpc) is 2.97. The van der Waals surface area contributed by atoms with E-state index in [1.165, 1.54) is 0 Å². The van der Waals surface area contributed by atoms with Gasteiger partial charge in [0, 0.05) is 11.9 Å². The van der Waals surface area contributed by atoms with Gasteiger partial charge in [-0.2, -0.15) is 0 Å². The number of nitrogens with zero attached hydrogens (tertiary/aromatic N) is 4. The molecule has 124 valence electrons. The number of hydrogen-bond acceptors (Lipinski definition) is 4. The Morgan fingerprint density at radius 1 is 1.21 bits per heavy atom. The van der Waals surface area contributed by atoms with Crippen LogP contribution in [0, 0.1) is 12.8 Å². The third-order valence-corrected chi connectivity index (χ3v) is 4.16. The third-order valence-electron chi connectivity index (χ3n) is 4.16. The smallest absolute Gasteiger partial charge is 0.253 e. The van der Waals surface area contributed by atoms with E-state index in [9.17, 15) is 4.79 Å². The molecule has 0 saturated heterocycles. The highest BCUT2D eigenvalue weighted by atomic mass is 16.1. The topological polar surface area (TPSA) is 72.7 Å². The van der Waals surface area contributed by atoms with Gasteiger partial charge >= 0.3 is 0 Å². The first-order valence-electron chi connectivity index (χ1n) is 8.07. The molecule has 2 heterocycles. The van der Waals surface area contributed by atoms with Crippen LogP contribution >= 0.6 is 0 Å². The molecule has 6 nitrogen and oxygen atoms in total. The summed E-state index contributed by atoms with van der Waals surface area (Å²) < 4.78 is 1.84. The highest BCUT2D eigenvalue weighted by Gasteiger charge is 2.20. The molecule has 1 N–H and O–H groups in total. The number of fused-ring (bicyclic) bond motifs is 1. The summed E-state index contributed by atoms with van der Waals surface area (Å²) in [6, 6.07) is 11.3. The summed E-state index contributed by atoms with van der Waals surface area (Å²) in [5, 5.41) is 11.5. The summed E-state index contributed by atoms with van der Waals surface area (Å²) in [4.78, 5) is 16.8. The number of hydrogen-bond donors (Lipinski definition) is 1. The highest BCUT2D eigenvalue weighted by molar-refractivity contribution is 5.95. The van der Waals surface area contributed by atoms with Crippen LogP contribution in [0.1, 0.15) is 29.9 Å². The molecule has 0 aliphatic heterocycles. The Morgan fingerprint density at radius 2 is 2.00 bits per heavy atom. The molecule has 3 aromatic rings. The molecule has 1 amide bonds. The summed E-state index contributed by atoms with van der Waals surface area (Å²) >= 11 is 0. The Labute approximate surface area is 140 Å². The van der Waals surface area contributed by atoms with Crippen molar-refractivity contribution in [2.45, 2.75) is 33.4 Å². The van der Waals surface area contributed by atoms with E-state index in [1.54, 1.807) is 18.3 Å². The van der Waals surface area contributed by atoms with E-state index in [0.29, 0.717) is 12.1 Å². The molecule has 0 saturated carbocycles. The molecule has 0 bridgehead atoms. The molecule has 2 aromatic heterocycles. The van der Waals surface area contributed by atoms with E-state index in [4.69, 9.17) is 0 Å². The maximum Gasteiger partial charge on any atom is 0.253 e. The zero-order chi connectivity index (χ0) is 17.1. The Morgan fingerprint density at radius 3 is 2.75 bits per heavy atom. The largest absolute Gasteiger partial charge is 0.347 e. The second-order valence-electron chi connectivity index (χ2n) is 6.22. The number of amides is 1. The average molecular weight is 323 g/mol. The third kappa shape index (κ3) is 3.27. The number of aromatic nitrogens is 4. The summed E-state index contributed by atoms with van der Waals surface area (Å²) in [5.41, 5.74) is 3.15. The van der Waals surface area contributed by atoms with Gasteiger partial charge in [0.1, 0.15) is 5.52 Å². The molecule has 1 aromatic carbocycles. The molecular weight excluding hydrogens is 302 g/mol. The van der Waals surface area contributed by atoms with Crippen molar-refractivity contribution in [1.82, 2.24) is 25.3 Å². The van der Waals surface area contributed by atoms with E-state index < -0.39 is 0 Å². The van der Waals surface area contributed by atoms with Crippen LogP contribution < -0.4 is 5.32 Å². The van der Waals surface area contributed by atoms with Crippen LogP contribution in [-0.4, -0.2) is 31.9 Å². The summed E-state index contributed by atoms with van der Waals surface area (Å²) in [6.45, 7) is 6.58. The van der Waals surface area contributed by atoms with Crippen molar-refractivity contribution in [2.24, 2.45) is 5.92 Å². The van der Waals surface area contributed by atoms with Crippen molar-refractivity contribution in [3.8, 4) is 0 Å². The first-order chi connectivity index (χ1) is 11.6. The minimum atomic E-state index is -0.108. The van der Waals surface area contributed by atoms with Crippen LogP contribution in [0.4, 0.5) is 0 Å². The fourth-order valence-corrected chi connectivity index (χ4v) is 2.63. The fraction of sp³-hybridized carbons (Fsp3) is 0.333.